The normalized spacial score (nSPS) is 20.4. The second-order valence-electron chi connectivity index (χ2n) is 5.79. The van der Waals surface area contributed by atoms with Crippen LogP contribution in [0, 0.1) is 0 Å². The first-order valence-electron chi connectivity index (χ1n) is 8.41. The van der Waals surface area contributed by atoms with E-state index in [0.717, 1.165) is 24.8 Å². The van der Waals surface area contributed by atoms with Crippen LogP contribution in [-0.4, -0.2) is 48.5 Å². The van der Waals surface area contributed by atoms with Gasteiger partial charge in [-0.05, 0) is 25.0 Å². The Balaban J connectivity index is 1.79. The van der Waals surface area contributed by atoms with E-state index in [1.165, 1.54) is 50.7 Å². The summed E-state index contributed by atoms with van der Waals surface area (Å²) < 4.78 is 5.53. The molecule has 2 atom stereocenters. The fourth-order valence-corrected chi connectivity index (χ4v) is 3.71. The summed E-state index contributed by atoms with van der Waals surface area (Å²) in [5.74, 6) is 1.30. The third-order valence-electron chi connectivity index (χ3n) is 3.73. The molecule has 3 nitrogen and oxygen atoms in total. The molecular formula is C16H33NO2S. The van der Waals surface area contributed by atoms with E-state index in [9.17, 15) is 5.11 Å². The SMILES string of the molecule is CCCCCCCCOCC(O)CNCC1CCCS1. The third-order valence-corrected chi connectivity index (χ3v) is 5.13. The van der Waals surface area contributed by atoms with Crippen LogP contribution in [0.1, 0.15) is 58.3 Å². The fraction of sp³-hybridized carbons (Fsp3) is 1.00. The summed E-state index contributed by atoms with van der Waals surface area (Å²) in [4.78, 5) is 0. The molecule has 0 bridgehead atoms. The molecule has 4 heteroatoms. The van der Waals surface area contributed by atoms with E-state index >= 15 is 0 Å². The molecule has 1 aliphatic rings. The Hall–Kier alpha value is 0.230. The van der Waals surface area contributed by atoms with Gasteiger partial charge in [0, 0.05) is 24.9 Å². The molecule has 1 heterocycles. The Kier molecular flexibility index (Phi) is 11.8. The lowest BCUT2D eigenvalue weighted by Gasteiger charge is -2.14. The fourth-order valence-electron chi connectivity index (χ4n) is 2.48. The minimum Gasteiger partial charge on any atom is -0.389 e. The van der Waals surface area contributed by atoms with Crippen molar-refractivity contribution in [1.29, 1.82) is 0 Å². The molecule has 0 aliphatic carbocycles. The highest BCUT2D eigenvalue weighted by molar-refractivity contribution is 8.00. The maximum absolute atomic E-state index is 9.80. The number of rotatable bonds is 13. The molecule has 0 aromatic carbocycles. The molecule has 1 rings (SSSR count). The molecule has 2 N–H and O–H groups in total. The summed E-state index contributed by atoms with van der Waals surface area (Å²) in [6, 6.07) is 0. The summed E-state index contributed by atoms with van der Waals surface area (Å²) in [7, 11) is 0. The van der Waals surface area contributed by atoms with Crippen LogP contribution in [0.25, 0.3) is 0 Å². The molecule has 2 unspecified atom stereocenters. The van der Waals surface area contributed by atoms with Crippen molar-refractivity contribution < 1.29 is 9.84 Å². The van der Waals surface area contributed by atoms with Crippen LogP contribution in [0.3, 0.4) is 0 Å². The maximum atomic E-state index is 9.80. The first kappa shape index (κ1) is 18.3. The summed E-state index contributed by atoms with van der Waals surface area (Å²) in [6.45, 7) is 5.19. The number of ether oxygens (including phenoxy) is 1. The highest BCUT2D eigenvalue weighted by atomic mass is 32.2. The number of hydrogen-bond acceptors (Lipinski definition) is 4. The van der Waals surface area contributed by atoms with Crippen LogP contribution < -0.4 is 5.32 Å². The summed E-state index contributed by atoms with van der Waals surface area (Å²) in [5, 5.41) is 13.9. The van der Waals surface area contributed by atoms with E-state index in [4.69, 9.17) is 4.74 Å². The quantitative estimate of drug-likeness (QED) is 0.513. The third kappa shape index (κ3) is 10.0. The number of nitrogens with one attached hydrogen (secondary N) is 1. The minimum absolute atomic E-state index is 0.360. The molecule has 0 aromatic heterocycles. The van der Waals surface area contributed by atoms with Crippen LogP contribution in [0.4, 0.5) is 0 Å². The Bertz CT molecular complexity index is 211. The molecule has 1 aliphatic heterocycles. The zero-order valence-electron chi connectivity index (χ0n) is 13.1. The van der Waals surface area contributed by atoms with Crippen LogP contribution in [-0.2, 0) is 4.74 Å². The smallest absolute Gasteiger partial charge is 0.0897 e. The molecule has 0 saturated carbocycles. The van der Waals surface area contributed by atoms with Crippen molar-refractivity contribution in [3.05, 3.63) is 0 Å². The van der Waals surface area contributed by atoms with Crippen molar-refractivity contribution in [1.82, 2.24) is 5.32 Å². The minimum atomic E-state index is -0.360. The predicted molar refractivity (Wildman–Crippen MR) is 88.6 cm³/mol. The van der Waals surface area contributed by atoms with E-state index in [0.29, 0.717) is 13.2 Å². The van der Waals surface area contributed by atoms with Gasteiger partial charge in [-0.3, -0.25) is 0 Å². The first-order valence-corrected chi connectivity index (χ1v) is 9.46. The van der Waals surface area contributed by atoms with Crippen molar-refractivity contribution in [3.63, 3.8) is 0 Å². The van der Waals surface area contributed by atoms with Crippen LogP contribution in [0.15, 0.2) is 0 Å². The first-order chi connectivity index (χ1) is 9.83. The van der Waals surface area contributed by atoms with Gasteiger partial charge >= 0.3 is 0 Å². The summed E-state index contributed by atoms with van der Waals surface area (Å²) in [6.07, 6.45) is 10.0. The summed E-state index contributed by atoms with van der Waals surface area (Å²) in [5.41, 5.74) is 0. The number of aliphatic hydroxyl groups excluding tert-OH is 1. The van der Waals surface area contributed by atoms with Gasteiger partial charge in [-0.1, -0.05) is 39.0 Å². The lowest BCUT2D eigenvalue weighted by molar-refractivity contribution is 0.0355. The molecule has 1 fully saturated rings. The van der Waals surface area contributed by atoms with E-state index < -0.39 is 0 Å². The molecule has 0 aromatic rings. The van der Waals surface area contributed by atoms with Crippen LogP contribution in [0.5, 0.6) is 0 Å². The van der Waals surface area contributed by atoms with E-state index in [1.807, 2.05) is 0 Å². The van der Waals surface area contributed by atoms with Crippen LogP contribution in [0.2, 0.25) is 0 Å². The monoisotopic (exact) mass is 303 g/mol. The van der Waals surface area contributed by atoms with Crippen molar-refractivity contribution in [2.24, 2.45) is 0 Å². The number of thioether (sulfide) groups is 1. The van der Waals surface area contributed by atoms with Gasteiger partial charge in [-0.15, -0.1) is 0 Å². The highest BCUT2D eigenvalue weighted by Gasteiger charge is 2.15. The lowest BCUT2D eigenvalue weighted by Crippen LogP contribution is -2.34. The number of hydrogen-bond donors (Lipinski definition) is 2. The van der Waals surface area contributed by atoms with Gasteiger partial charge in [0.1, 0.15) is 0 Å². The Morgan fingerprint density at radius 2 is 2.05 bits per heavy atom. The van der Waals surface area contributed by atoms with Gasteiger partial charge in [0.2, 0.25) is 0 Å². The van der Waals surface area contributed by atoms with Gasteiger partial charge in [0.15, 0.2) is 0 Å². The number of unbranched alkanes of at least 4 members (excludes halogenated alkanes) is 5. The van der Waals surface area contributed by atoms with Crippen LogP contribution >= 0.6 is 11.8 Å². The summed E-state index contributed by atoms with van der Waals surface area (Å²) >= 11 is 2.05. The largest absolute Gasteiger partial charge is 0.389 e. The van der Waals surface area contributed by atoms with E-state index in [2.05, 4.69) is 24.0 Å². The Labute approximate surface area is 129 Å². The maximum Gasteiger partial charge on any atom is 0.0897 e. The van der Waals surface area contributed by atoms with Crippen molar-refractivity contribution in [3.8, 4) is 0 Å². The van der Waals surface area contributed by atoms with E-state index in [-0.39, 0.29) is 6.10 Å². The zero-order valence-corrected chi connectivity index (χ0v) is 13.9. The molecular weight excluding hydrogens is 270 g/mol. The Morgan fingerprint density at radius 3 is 2.80 bits per heavy atom. The van der Waals surface area contributed by atoms with Gasteiger partial charge in [-0.2, -0.15) is 11.8 Å². The molecule has 1 saturated heterocycles. The standard InChI is InChI=1S/C16H33NO2S/c1-2-3-4-5-6-7-10-19-14-15(18)12-17-13-16-9-8-11-20-16/h15-18H,2-14H2,1H3. The second-order valence-corrected chi connectivity index (χ2v) is 7.20. The van der Waals surface area contributed by atoms with E-state index in [1.54, 1.807) is 0 Å². The zero-order chi connectivity index (χ0) is 14.5. The second kappa shape index (κ2) is 12.9. The van der Waals surface area contributed by atoms with Crippen molar-refractivity contribution >= 4 is 11.8 Å². The Morgan fingerprint density at radius 1 is 1.25 bits per heavy atom. The van der Waals surface area contributed by atoms with Gasteiger partial charge in [-0.25, -0.2) is 0 Å². The molecule has 0 radical (unpaired) electrons. The number of aliphatic hydroxyl groups is 1. The predicted octanol–water partition coefficient (Wildman–Crippen LogP) is 3.21. The molecule has 20 heavy (non-hydrogen) atoms. The lowest BCUT2D eigenvalue weighted by atomic mass is 10.1. The molecule has 0 spiro atoms. The average molecular weight is 304 g/mol. The van der Waals surface area contributed by atoms with Crippen molar-refractivity contribution in [2.75, 3.05) is 32.1 Å². The van der Waals surface area contributed by atoms with Gasteiger partial charge in [0.25, 0.3) is 0 Å². The van der Waals surface area contributed by atoms with Crippen molar-refractivity contribution in [2.45, 2.75) is 69.6 Å². The average Bonchev–Trinajstić information content (AvgIpc) is 2.95. The highest BCUT2D eigenvalue weighted by Crippen LogP contribution is 2.25. The molecule has 120 valence electrons. The molecule has 0 amide bonds. The topological polar surface area (TPSA) is 41.5 Å². The van der Waals surface area contributed by atoms with Gasteiger partial charge in [0.05, 0.1) is 12.7 Å². The van der Waals surface area contributed by atoms with Gasteiger partial charge < -0.3 is 15.2 Å².